The first-order chi connectivity index (χ1) is 8.01. The standard InChI is InChI=1S/C14H22BrNO/c1-6-12(15)9(2)7-13-11(4)14(17-5)10(3)8-16-13/h8-9,12H,6-7H2,1-5H3. The molecule has 0 saturated carbocycles. The number of aromatic nitrogens is 1. The highest BCUT2D eigenvalue weighted by Crippen LogP contribution is 2.27. The van der Waals surface area contributed by atoms with Crippen molar-refractivity contribution in [2.45, 2.75) is 45.4 Å². The lowest BCUT2D eigenvalue weighted by Crippen LogP contribution is -2.14. The van der Waals surface area contributed by atoms with E-state index >= 15 is 0 Å². The van der Waals surface area contributed by atoms with Crippen LogP contribution in [0.3, 0.4) is 0 Å². The number of aryl methyl sites for hydroxylation is 1. The maximum Gasteiger partial charge on any atom is 0.128 e. The number of halogens is 1. The molecular formula is C14H22BrNO. The van der Waals surface area contributed by atoms with Crippen molar-refractivity contribution >= 4 is 15.9 Å². The van der Waals surface area contributed by atoms with Crippen LogP contribution in [-0.2, 0) is 6.42 Å². The molecule has 0 aromatic carbocycles. The topological polar surface area (TPSA) is 22.1 Å². The predicted molar refractivity (Wildman–Crippen MR) is 76.1 cm³/mol. The van der Waals surface area contributed by atoms with E-state index in [-0.39, 0.29) is 0 Å². The summed E-state index contributed by atoms with van der Waals surface area (Å²) in [5, 5.41) is 0. The highest BCUT2D eigenvalue weighted by atomic mass is 79.9. The lowest BCUT2D eigenvalue weighted by molar-refractivity contribution is 0.406. The zero-order chi connectivity index (χ0) is 13.0. The van der Waals surface area contributed by atoms with Gasteiger partial charge in [0.05, 0.1) is 7.11 Å². The van der Waals surface area contributed by atoms with Crippen molar-refractivity contribution < 1.29 is 4.74 Å². The fourth-order valence-electron chi connectivity index (χ4n) is 2.11. The number of alkyl halides is 1. The van der Waals surface area contributed by atoms with Gasteiger partial charge in [-0.05, 0) is 32.6 Å². The molecule has 1 aromatic heterocycles. The van der Waals surface area contributed by atoms with Crippen LogP contribution in [0, 0.1) is 19.8 Å². The van der Waals surface area contributed by atoms with Gasteiger partial charge in [-0.2, -0.15) is 0 Å². The third-order valence-corrected chi connectivity index (χ3v) is 4.82. The largest absolute Gasteiger partial charge is 0.496 e. The van der Waals surface area contributed by atoms with Gasteiger partial charge in [0.2, 0.25) is 0 Å². The predicted octanol–water partition coefficient (Wildman–Crippen LogP) is 4.06. The van der Waals surface area contributed by atoms with Crippen LogP contribution < -0.4 is 4.74 Å². The fraction of sp³-hybridized carbons (Fsp3) is 0.643. The minimum absolute atomic E-state index is 0.552. The van der Waals surface area contributed by atoms with Gasteiger partial charge in [-0.3, -0.25) is 4.98 Å². The van der Waals surface area contributed by atoms with Crippen LogP contribution in [0.25, 0.3) is 0 Å². The van der Waals surface area contributed by atoms with Gasteiger partial charge >= 0.3 is 0 Å². The van der Waals surface area contributed by atoms with Crippen LogP contribution in [0.1, 0.15) is 37.1 Å². The molecule has 0 spiro atoms. The number of rotatable bonds is 5. The third kappa shape index (κ3) is 3.44. The molecule has 0 aliphatic carbocycles. The average Bonchev–Trinajstić information content (AvgIpc) is 2.32. The van der Waals surface area contributed by atoms with Gasteiger partial charge in [0, 0.05) is 27.8 Å². The molecule has 0 N–H and O–H groups in total. The highest BCUT2D eigenvalue weighted by molar-refractivity contribution is 9.09. The van der Waals surface area contributed by atoms with Gasteiger partial charge in [-0.25, -0.2) is 0 Å². The Morgan fingerprint density at radius 2 is 2.06 bits per heavy atom. The third-order valence-electron chi connectivity index (χ3n) is 3.27. The zero-order valence-electron chi connectivity index (χ0n) is 11.4. The van der Waals surface area contributed by atoms with Crippen molar-refractivity contribution in [3.8, 4) is 5.75 Å². The number of nitrogens with zero attached hydrogens (tertiary/aromatic N) is 1. The van der Waals surface area contributed by atoms with Crippen molar-refractivity contribution in [2.24, 2.45) is 5.92 Å². The van der Waals surface area contributed by atoms with Crippen molar-refractivity contribution in [3.05, 3.63) is 23.0 Å². The van der Waals surface area contributed by atoms with Gasteiger partial charge in [0.15, 0.2) is 0 Å². The van der Waals surface area contributed by atoms with E-state index in [1.807, 2.05) is 13.1 Å². The Balaban J connectivity index is 2.92. The lowest BCUT2D eigenvalue weighted by atomic mass is 9.97. The van der Waals surface area contributed by atoms with Crippen molar-refractivity contribution in [2.75, 3.05) is 7.11 Å². The molecule has 0 fully saturated rings. The van der Waals surface area contributed by atoms with E-state index in [0.29, 0.717) is 10.7 Å². The molecule has 1 rings (SSSR count). The Hall–Kier alpha value is -0.570. The number of methoxy groups -OCH3 is 1. The van der Waals surface area contributed by atoms with Crippen LogP contribution in [0.4, 0.5) is 0 Å². The van der Waals surface area contributed by atoms with E-state index in [4.69, 9.17) is 4.74 Å². The molecule has 96 valence electrons. The van der Waals surface area contributed by atoms with Gasteiger partial charge in [0.1, 0.15) is 5.75 Å². The molecule has 0 aliphatic rings. The zero-order valence-corrected chi connectivity index (χ0v) is 13.0. The second kappa shape index (κ2) is 6.39. The second-order valence-corrected chi connectivity index (χ2v) is 5.83. The minimum Gasteiger partial charge on any atom is -0.496 e. The molecule has 0 saturated heterocycles. The molecule has 0 radical (unpaired) electrons. The SMILES string of the molecule is CCC(Br)C(C)Cc1ncc(C)c(OC)c1C. The molecule has 2 nitrogen and oxygen atoms in total. The van der Waals surface area contributed by atoms with E-state index in [1.54, 1.807) is 7.11 Å². The quantitative estimate of drug-likeness (QED) is 0.765. The molecule has 3 heteroatoms. The smallest absolute Gasteiger partial charge is 0.128 e. The molecule has 2 atom stereocenters. The van der Waals surface area contributed by atoms with Crippen LogP contribution >= 0.6 is 15.9 Å². The summed E-state index contributed by atoms with van der Waals surface area (Å²) in [5.41, 5.74) is 3.43. The summed E-state index contributed by atoms with van der Waals surface area (Å²) >= 11 is 3.72. The fourth-order valence-corrected chi connectivity index (χ4v) is 2.30. The Morgan fingerprint density at radius 1 is 1.41 bits per heavy atom. The molecule has 1 heterocycles. The summed E-state index contributed by atoms with van der Waals surface area (Å²) in [6, 6.07) is 0. The van der Waals surface area contributed by atoms with Crippen molar-refractivity contribution in [1.29, 1.82) is 0 Å². The van der Waals surface area contributed by atoms with E-state index in [1.165, 1.54) is 5.56 Å². The summed E-state index contributed by atoms with van der Waals surface area (Å²) < 4.78 is 5.43. The van der Waals surface area contributed by atoms with Crippen LogP contribution in [0.5, 0.6) is 5.75 Å². The van der Waals surface area contributed by atoms with Gasteiger partial charge in [-0.15, -0.1) is 0 Å². The molecule has 0 bridgehead atoms. The van der Waals surface area contributed by atoms with Crippen LogP contribution in [0.15, 0.2) is 6.20 Å². The first kappa shape index (κ1) is 14.5. The minimum atomic E-state index is 0.552. The van der Waals surface area contributed by atoms with Gasteiger partial charge < -0.3 is 4.74 Å². The molecule has 1 aromatic rings. The Kier molecular flexibility index (Phi) is 5.44. The molecule has 17 heavy (non-hydrogen) atoms. The Bertz CT molecular complexity index is 379. The van der Waals surface area contributed by atoms with Crippen molar-refractivity contribution in [1.82, 2.24) is 4.98 Å². The first-order valence-corrected chi connectivity index (χ1v) is 7.05. The number of ether oxygens (including phenoxy) is 1. The number of pyridine rings is 1. The summed E-state index contributed by atoms with van der Waals surface area (Å²) in [5.74, 6) is 1.56. The highest BCUT2D eigenvalue weighted by Gasteiger charge is 2.16. The molecule has 0 amide bonds. The number of hydrogen-bond acceptors (Lipinski definition) is 2. The van der Waals surface area contributed by atoms with Crippen molar-refractivity contribution in [3.63, 3.8) is 0 Å². The van der Waals surface area contributed by atoms with Crippen LogP contribution in [-0.4, -0.2) is 16.9 Å². The van der Waals surface area contributed by atoms with Gasteiger partial charge in [-0.1, -0.05) is 29.8 Å². The molecule has 0 aliphatic heterocycles. The summed E-state index contributed by atoms with van der Waals surface area (Å²) in [4.78, 5) is 5.09. The first-order valence-electron chi connectivity index (χ1n) is 6.14. The molecule has 2 unspecified atom stereocenters. The second-order valence-electron chi connectivity index (χ2n) is 4.65. The lowest BCUT2D eigenvalue weighted by Gasteiger charge is -2.18. The average molecular weight is 300 g/mol. The monoisotopic (exact) mass is 299 g/mol. The molecular weight excluding hydrogens is 278 g/mol. The maximum absolute atomic E-state index is 5.43. The summed E-state index contributed by atoms with van der Waals surface area (Å²) in [7, 11) is 1.72. The van der Waals surface area contributed by atoms with Gasteiger partial charge in [0.25, 0.3) is 0 Å². The maximum atomic E-state index is 5.43. The number of hydrogen-bond donors (Lipinski definition) is 0. The van der Waals surface area contributed by atoms with E-state index in [2.05, 4.69) is 41.7 Å². The van der Waals surface area contributed by atoms with E-state index in [9.17, 15) is 0 Å². The van der Waals surface area contributed by atoms with E-state index < -0.39 is 0 Å². The van der Waals surface area contributed by atoms with Crippen LogP contribution in [0.2, 0.25) is 0 Å². The normalized spacial score (nSPS) is 14.5. The Labute approximate surface area is 113 Å². The summed E-state index contributed by atoms with van der Waals surface area (Å²) in [6.45, 7) is 8.59. The Morgan fingerprint density at radius 3 is 2.59 bits per heavy atom. The van der Waals surface area contributed by atoms with E-state index in [0.717, 1.165) is 29.8 Å². The summed E-state index contributed by atoms with van der Waals surface area (Å²) in [6.07, 6.45) is 4.04.